The zero-order chi connectivity index (χ0) is 24.5. The second-order valence-corrected chi connectivity index (χ2v) is 8.50. The lowest BCUT2D eigenvalue weighted by atomic mass is 10.0. The number of phenolic OH excluding ortho intramolecular Hbond substituents is 2. The van der Waals surface area contributed by atoms with Gasteiger partial charge in [0.05, 0.1) is 6.04 Å². The van der Waals surface area contributed by atoms with Crippen LogP contribution in [0.2, 0.25) is 0 Å². The number of carbonyl (C=O) groups excluding carboxylic acids is 3. The van der Waals surface area contributed by atoms with E-state index in [0.717, 1.165) is 5.56 Å². The van der Waals surface area contributed by atoms with Crippen LogP contribution in [0.1, 0.15) is 31.4 Å². The average Bonchev–Trinajstić information content (AvgIpc) is 2.75. The van der Waals surface area contributed by atoms with E-state index in [4.69, 9.17) is 11.5 Å². The lowest BCUT2D eigenvalue weighted by Gasteiger charge is -2.24. The molecule has 3 atom stereocenters. The Kier molecular flexibility index (Phi) is 9.23. The molecule has 9 nitrogen and oxygen atoms in total. The van der Waals surface area contributed by atoms with Gasteiger partial charge in [-0.3, -0.25) is 14.4 Å². The smallest absolute Gasteiger partial charge is 0.243 e. The minimum absolute atomic E-state index is 0.0745. The van der Waals surface area contributed by atoms with Crippen molar-refractivity contribution in [3.63, 3.8) is 0 Å². The summed E-state index contributed by atoms with van der Waals surface area (Å²) in [7, 11) is 0. The first-order chi connectivity index (χ1) is 15.5. The number of phenols is 2. The summed E-state index contributed by atoms with van der Waals surface area (Å²) in [6, 6.07) is 9.73. The van der Waals surface area contributed by atoms with Gasteiger partial charge < -0.3 is 32.3 Å². The minimum atomic E-state index is -1.01. The van der Waals surface area contributed by atoms with Gasteiger partial charge in [0.1, 0.15) is 23.6 Å². The van der Waals surface area contributed by atoms with Gasteiger partial charge in [0, 0.05) is 6.42 Å². The highest BCUT2D eigenvalue weighted by molar-refractivity contribution is 5.92. The zero-order valence-corrected chi connectivity index (χ0v) is 18.8. The lowest BCUT2D eigenvalue weighted by Crippen LogP contribution is -2.56. The van der Waals surface area contributed by atoms with Crippen LogP contribution in [0.3, 0.4) is 0 Å². The molecule has 3 unspecified atom stereocenters. The molecule has 0 heterocycles. The standard InChI is InChI=1S/C24H32N4O5/c1-14(2)11-20(22(26)31)27-24(33)21(13-16-5-9-18(30)10-6-16)28-23(32)19(25)12-15-3-7-17(29)8-4-15/h3-10,14,19-21,29-30H,11-13,25H2,1-2H3,(H2,26,31)(H,27,33)(H,28,32). The summed E-state index contributed by atoms with van der Waals surface area (Å²) in [5, 5.41) is 24.2. The van der Waals surface area contributed by atoms with E-state index < -0.39 is 35.8 Å². The van der Waals surface area contributed by atoms with Crippen molar-refractivity contribution in [3.8, 4) is 11.5 Å². The van der Waals surface area contributed by atoms with E-state index in [1.54, 1.807) is 24.3 Å². The summed E-state index contributed by atoms with van der Waals surface area (Å²) in [4.78, 5) is 37.6. The van der Waals surface area contributed by atoms with Gasteiger partial charge in [0.25, 0.3) is 0 Å². The number of primary amides is 1. The summed E-state index contributed by atoms with van der Waals surface area (Å²) < 4.78 is 0. The molecule has 178 valence electrons. The monoisotopic (exact) mass is 456 g/mol. The van der Waals surface area contributed by atoms with Crippen molar-refractivity contribution >= 4 is 17.7 Å². The average molecular weight is 457 g/mol. The summed E-state index contributed by atoms with van der Waals surface area (Å²) in [5.74, 6) is -1.46. The van der Waals surface area contributed by atoms with Crippen molar-refractivity contribution < 1.29 is 24.6 Å². The molecule has 0 aliphatic heterocycles. The third-order valence-corrected chi connectivity index (χ3v) is 5.10. The molecule has 9 heteroatoms. The van der Waals surface area contributed by atoms with Gasteiger partial charge in [-0.15, -0.1) is 0 Å². The number of hydrogen-bond acceptors (Lipinski definition) is 6. The van der Waals surface area contributed by atoms with Crippen molar-refractivity contribution in [1.82, 2.24) is 10.6 Å². The fourth-order valence-electron chi connectivity index (χ4n) is 3.32. The van der Waals surface area contributed by atoms with Gasteiger partial charge in [-0.05, 0) is 54.2 Å². The Labute approximate surface area is 193 Å². The molecule has 0 bridgehead atoms. The van der Waals surface area contributed by atoms with Gasteiger partial charge in [-0.25, -0.2) is 0 Å². The van der Waals surface area contributed by atoms with Crippen molar-refractivity contribution in [3.05, 3.63) is 59.7 Å². The minimum Gasteiger partial charge on any atom is -0.508 e. The Morgan fingerprint density at radius 2 is 1.24 bits per heavy atom. The molecule has 3 amide bonds. The van der Waals surface area contributed by atoms with Gasteiger partial charge >= 0.3 is 0 Å². The van der Waals surface area contributed by atoms with Crippen molar-refractivity contribution in [1.29, 1.82) is 0 Å². The summed E-state index contributed by atoms with van der Waals surface area (Å²) in [5.41, 5.74) is 12.9. The molecule has 0 radical (unpaired) electrons. The quantitative estimate of drug-likeness (QED) is 0.291. The zero-order valence-electron chi connectivity index (χ0n) is 18.8. The SMILES string of the molecule is CC(C)CC(NC(=O)C(Cc1ccc(O)cc1)NC(=O)C(N)Cc1ccc(O)cc1)C(N)=O. The highest BCUT2D eigenvalue weighted by Crippen LogP contribution is 2.13. The van der Waals surface area contributed by atoms with Crippen molar-refractivity contribution in [2.45, 2.75) is 51.2 Å². The van der Waals surface area contributed by atoms with Gasteiger partial charge in [0.15, 0.2) is 0 Å². The van der Waals surface area contributed by atoms with Crippen LogP contribution in [-0.4, -0.2) is 46.1 Å². The highest BCUT2D eigenvalue weighted by atomic mass is 16.3. The number of nitrogens with two attached hydrogens (primary N) is 2. The third kappa shape index (κ3) is 8.46. The first-order valence-corrected chi connectivity index (χ1v) is 10.8. The normalized spacial score (nSPS) is 13.7. The maximum Gasteiger partial charge on any atom is 0.243 e. The summed E-state index contributed by atoms with van der Waals surface area (Å²) >= 11 is 0. The molecule has 0 fully saturated rings. The summed E-state index contributed by atoms with van der Waals surface area (Å²) in [6.45, 7) is 3.81. The maximum absolute atomic E-state index is 13.0. The first-order valence-electron chi connectivity index (χ1n) is 10.8. The first kappa shape index (κ1) is 25.7. The van der Waals surface area contributed by atoms with E-state index in [1.807, 2.05) is 13.8 Å². The van der Waals surface area contributed by atoms with Crippen LogP contribution in [0.15, 0.2) is 48.5 Å². The molecule has 8 N–H and O–H groups in total. The van der Waals surface area contributed by atoms with Crippen LogP contribution in [0, 0.1) is 5.92 Å². The number of nitrogens with one attached hydrogen (secondary N) is 2. The highest BCUT2D eigenvalue weighted by Gasteiger charge is 2.28. The van der Waals surface area contributed by atoms with E-state index in [0.29, 0.717) is 12.0 Å². The molecular weight excluding hydrogens is 424 g/mol. The molecule has 0 saturated heterocycles. The van der Waals surface area contributed by atoms with Crippen LogP contribution in [0.25, 0.3) is 0 Å². The molecule has 0 aliphatic rings. The predicted molar refractivity (Wildman–Crippen MR) is 124 cm³/mol. The van der Waals surface area contributed by atoms with Crippen LogP contribution in [-0.2, 0) is 27.2 Å². The molecule has 0 spiro atoms. The Morgan fingerprint density at radius 3 is 1.70 bits per heavy atom. The molecule has 0 aliphatic carbocycles. The predicted octanol–water partition coefficient (Wildman–Crippen LogP) is 0.711. The second-order valence-electron chi connectivity index (χ2n) is 8.50. The largest absolute Gasteiger partial charge is 0.508 e. The Balaban J connectivity index is 2.15. The van der Waals surface area contributed by atoms with Crippen molar-refractivity contribution in [2.75, 3.05) is 0 Å². The second kappa shape index (κ2) is 11.9. The maximum atomic E-state index is 13.0. The van der Waals surface area contributed by atoms with Crippen LogP contribution in [0.5, 0.6) is 11.5 Å². The van der Waals surface area contributed by atoms with E-state index in [2.05, 4.69) is 10.6 Å². The number of carbonyl (C=O) groups is 3. The van der Waals surface area contributed by atoms with Crippen LogP contribution >= 0.6 is 0 Å². The van der Waals surface area contributed by atoms with Crippen LogP contribution < -0.4 is 22.1 Å². The Bertz CT molecular complexity index is 944. The fraction of sp³-hybridized carbons (Fsp3) is 0.375. The lowest BCUT2D eigenvalue weighted by molar-refractivity contribution is -0.131. The Morgan fingerprint density at radius 1 is 0.788 bits per heavy atom. The molecular formula is C24H32N4O5. The molecule has 2 aromatic carbocycles. The molecule has 33 heavy (non-hydrogen) atoms. The number of amides is 3. The topological polar surface area (TPSA) is 168 Å². The van der Waals surface area contributed by atoms with E-state index >= 15 is 0 Å². The van der Waals surface area contributed by atoms with Gasteiger partial charge in [0.2, 0.25) is 17.7 Å². The van der Waals surface area contributed by atoms with E-state index in [9.17, 15) is 24.6 Å². The number of aromatic hydroxyl groups is 2. The molecule has 2 rings (SSSR count). The van der Waals surface area contributed by atoms with Gasteiger partial charge in [-0.2, -0.15) is 0 Å². The fourth-order valence-corrected chi connectivity index (χ4v) is 3.32. The molecule has 2 aromatic rings. The Hall–Kier alpha value is -3.59. The van der Waals surface area contributed by atoms with Crippen LogP contribution in [0.4, 0.5) is 0 Å². The van der Waals surface area contributed by atoms with Gasteiger partial charge in [-0.1, -0.05) is 38.1 Å². The number of hydrogen-bond donors (Lipinski definition) is 6. The van der Waals surface area contributed by atoms with Crippen molar-refractivity contribution in [2.24, 2.45) is 17.4 Å². The molecule has 0 aromatic heterocycles. The summed E-state index contributed by atoms with van der Waals surface area (Å²) in [6.07, 6.45) is 0.690. The van der Waals surface area contributed by atoms with E-state index in [-0.39, 0.29) is 30.3 Å². The van der Waals surface area contributed by atoms with E-state index in [1.165, 1.54) is 24.3 Å². The molecule has 0 saturated carbocycles. The number of benzene rings is 2. The third-order valence-electron chi connectivity index (χ3n) is 5.10. The number of rotatable bonds is 11.